The first-order chi connectivity index (χ1) is 8.90. The van der Waals surface area contributed by atoms with Gasteiger partial charge in [0.1, 0.15) is 5.65 Å². The zero-order valence-corrected chi connectivity index (χ0v) is 9.42. The molecule has 4 nitrogen and oxygen atoms in total. The van der Waals surface area contributed by atoms with Gasteiger partial charge in [0, 0.05) is 28.2 Å². The summed E-state index contributed by atoms with van der Waals surface area (Å²) in [4.78, 5) is 7.58. The maximum absolute atomic E-state index is 5.17. The summed E-state index contributed by atoms with van der Waals surface area (Å²) < 4.78 is 5.17. The van der Waals surface area contributed by atoms with E-state index in [1.165, 1.54) is 0 Å². The van der Waals surface area contributed by atoms with Crippen molar-refractivity contribution in [3.8, 4) is 11.3 Å². The number of H-pyrrole nitrogens is 1. The van der Waals surface area contributed by atoms with Crippen LogP contribution >= 0.6 is 0 Å². The smallest absolute Gasteiger partial charge is 0.167 e. The fraction of sp³-hybridized carbons (Fsp3) is 0. The molecular weight excluding hydrogens is 226 g/mol. The van der Waals surface area contributed by atoms with E-state index in [0.29, 0.717) is 0 Å². The number of pyridine rings is 1. The minimum Gasteiger partial charge on any atom is -0.356 e. The van der Waals surface area contributed by atoms with Crippen LogP contribution in [0.3, 0.4) is 0 Å². The molecule has 0 saturated heterocycles. The average molecular weight is 235 g/mol. The summed E-state index contributed by atoms with van der Waals surface area (Å²) in [6, 6.07) is 12.1. The number of rotatable bonds is 1. The van der Waals surface area contributed by atoms with Gasteiger partial charge in [-0.2, -0.15) is 0 Å². The van der Waals surface area contributed by atoms with Gasteiger partial charge in [0.05, 0.1) is 6.20 Å². The highest BCUT2D eigenvalue weighted by Crippen LogP contribution is 2.26. The van der Waals surface area contributed by atoms with Crippen molar-refractivity contribution in [3.05, 3.63) is 48.8 Å². The van der Waals surface area contributed by atoms with E-state index >= 15 is 0 Å². The van der Waals surface area contributed by atoms with Crippen LogP contribution in [0.4, 0.5) is 0 Å². The van der Waals surface area contributed by atoms with Gasteiger partial charge in [-0.05, 0) is 30.3 Å². The highest BCUT2D eigenvalue weighted by atomic mass is 16.5. The Kier molecular flexibility index (Phi) is 1.80. The van der Waals surface area contributed by atoms with Crippen LogP contribution in [0.5, 0.6) is 0 Å². The Bertz CT molecular complexity index is 811. The van der Waals surface area contributed by atoms with Gasteiger partial charge in [-0.15, -0.1) is 0 Å². The molecule has 3 heterocycles. The van der Waals surface area contributed by atoms with Gasteiger partial charge < -0.3 is 9.51 Å². The zero-order valence-electron chi connectivity index (χ0n) is 9.42. The number of benzene rings is 1. The van der Waals surface area contributed by atoms with Crippen LogP contribution in [0, 0.1) is 0 Å². The predicted octanol–water partition coefficient (Wildman–Crippen LogP) is 3.37. The van der Waals surface area contributed by atoms with Crippen LogP contribution in [0.2, 0.25) is 0 Å². The first kappa shape index (κ1) is 9.41. The maximum atomic E-state index is 5.17. The van der Waals surface area contributed by atoms with Crippen LogP contribution in [-0.2, 0) is 0 Å². The molecule has 86 valence electrons. The summed E-state index contributed by atoms with van der Waals surface area (Å²) in [5.41, 5.74) is 3.78. The molecule has 1 aromatic carbocycles. The molecule has 0 unspecified atom stereocenters. The van der Waals surface area contributed by atoms with Crippen molar-refractivity contribution in [1.82, 2.24) is 15.1 Å². The summed E-state index contributed by atoms with van der Waals surface area (Å²) in [6.07, 6.45) is 3.49. The number of nitrogens with one attached hydrogen (secondary N) is 1. The Morgan fingerprint density at radius 3 is 3.00 bits per heavy atom. The molecule has 3 aromatic heterocycles. The molecule has 0 radical (unpaired) electrons. The van der Waals surface area contributed by atoms with Crippen LogP contribution in [0.1, 0.15) is 0 Å². The number of hydrogen-bond donors (Lipinski definition) is 1. The summed E-state index contributed by atoms with van der Waals surface area (Å²) in [7, 11) is 0. The van der Waals surface area contributed by atoms with Crippen molar-refractivity contribution in [2.24, 2.45) is 0 Å². The van der Waals surface area contributed by atoms with E-state index in [4.69, 9.17) is 4.52 Å². The summed E-state index contributed by atoms with van der Waals surface area (Å²) >= 11 is 0. The van der Waals surface area contributed by atoms with Crippen molar-refractivity contribution >= 4 is 22.0 Å². The Morgan fingerprint density at radius 2 is 2.06 bits per heavy atom. The minimum absolute atomic E-state index is 0.791. The monoisotopic (exact) mass is 235 g/mol. The number of aromatic nitrogens is 3. The van der Waals surface area contributed by atoms with Crippen molar-refractivity contribution < 1.29 is 4.52 Å². The van der Waals surface area contributed by atoms with Crippen molar-refractivity contribution in [3.63, 3.8) is 0 Å². The van der Waals surface area contributed by atoms with Crippen LogP contribution in [-0.4, -0.2) is 15.1 Å². The standard InChI is InChI=1S/C14H9N3O/c1-2-10-6-12(17-14(10)15-5-1)9-3-4-11-8-16-18-13(11)7-9/h1-8H,(H,15,17). The number of hydrogen-bond acceptors (Lipinski definition) is 3. The molecular formula is C14H9N3O. The molecule has 18 heavy (non-hydrogen) atoms. The fourth-order valence-corrected chi connectivity index (χ4v) is 2.14. The summed E-state index contributed by atoms with van der Waals surface area (Å²) in [6.45, 7) is 0. The molecule has 0 saturated carbocycles. The lowest BCUT2D eigenvalue weighted by molar-refractivity contribution is 0.456. The highest BCUT2D eigenvalue weighted by molar-refractivity contribution is 5.86. The molecule has 0 amide bonds. The van der Waals surface area contributed by atoms with E-state index in [0.717, 1.165) is 33.3 Å². The molecule has 4 heteroatoms. The maximum Gasteiger partial charge on any atom is 0.167 e. The van der Waals surface area contributed by atoms with E-state index in [-0.39, 0.29) is 0 Å². The number of fused-ring (bicyclic) bond motifs is 2. The van der Waals surface area contributed by atoms with E-state index in [9.17, 15) is 0 Å². The van der Waals surface area contributed by atoms with E-state index in [2.05, 4.69) is 21.2 Å². The van der Waals surface area contributed by atoms with E-state index in [1.807, 2.05) is 30.3 Å². The van der Waals surface area contributed by atoms with Crippen LogP contribution in [0.15, 0.2) is 53.3 Å². The first-order valence-electron chi connectivity index (χ1n) is 5.69. The molecule has 0 bridgehead atoms. The van der Waals surface area contributed by atoms with Gasteiger partial charge in [-0.1, -0.05) is 11.2 Å². The Labute approximate surface area is 102 Å². The van der Waals surface area contributed by atoms with E-state index in [1.54, 1.807) is 12.4 Å². The highest BCUT2D eigenvalue weighted by Gasteiger charge is 2.06. The van der Waals surface area contributed by atoms with Crippen molar-refractivity contribution in [2.75, 3.05) is 0 Å². The van der Waals surface area contributed by atoms with Gasteiger partial charge >= 0.3 is 0 Å². The zero-order chi connectivity index (χ0) is 11.9. The third-order valence-corrected chi connectivity index (χ3v) is 3.06. The minimum atomic E-state index is 0.791. The normalized spacial score (nSPS) is 11.3. The molecule has 0 aliphatic heterocycles. The second-order valence-electron chi connectivity index (χ2n) is 4.20. The van der Waals surface area contributed by atoms with E-state index < -0.39 is 0 Å². The van der Waals surface area contributed by atoms with Gasteiger partial charge in [-0.25, -0.2) is 4.98 Å². The first-order valence-corrected chi connectivity index (χ1v) is 5.69. The molecule has 4 aromatic rings. The van der Waals surface area contributed by atoms with Gasteiger partial charge in [0.15, 0.2) is 5.58 Å². The lowest BCUT2D eigenvalue weighted by Crippen LogP contribution is -1.77. The van der Waals surface area contributed by atoms with Crippen LogP contribution < -0.4 is 0 Å². The topological polar surface area (TPSA) is 54.7 Å². The van der Waals surface area contributed by atoms with Gasteiger partial charge in [-0.3, -0.25) is 0 Å². The Balaban J connectivity index is 1.94. The molecule has 4 rings (SSSR count). The molecule has 1 N–H and O–H groups in total. The van der Waals surface area contributed by atoms with Gasteiger partial charge in [0.25, 0.3) is 0 Å². The second kappa shape index (κ2) is 3.43. The summed E-state index contributed by atoms with van der Waals surface area (Å²) in [5.74, 6) is 0. The molecule has 0 spiro atoms. The third kappa shape index (κ3) is 1.32. The van der Waals surface area contributed by atoms with Crippen molar-refractivity contribution in [2.45, 2.75) is 0 Å². The summed E-state index contributed by atoms with van der Waals surface area (Å²) in [5, 5.41) is 5.89. The average Bonchev–Trinajstić information content (AvgIpc) is 3.04. The fourth-order valence-electron chi connectivity index (χ4n) is 2.14. The lowest BCUT2D eigenvalue weighted by Gasteiger charge is -1.96. The Hall–Kier alpha value is -2.62. The van der Waals surface area contributed by atoms with Crippen molar-refractivity contribution in [1.29, 1.82) is 0 Å². The largest absolute Gasteiger partial charge is 0.356 e. The molecule has 0 fully saturated rings. The second-order valence-corrected chi connectivity index (χ2v) is 4.20. The predicted molar refractivity (Wildman–Crippen MR) is 69.1 cm³/mol. The molecule has 0 aliphatic rings. The number of aromatic amines is 1. The lowest BCUT2D eigenvalue weighted by atomic mass is 10.1. The molecule has 0 aliphatic carbocycles. The Morgan fingerprint density at radius 1 is 1.06 bits per heavy atom. The SMILES string of the molecule is c1cnc2[nH]c(-c3ccc4cnoc4c3)cc2c1. The quantitative estimate of drug-likeness (QED) is 0.550. The van der Waals surface area contributed by atoms with Gasteiger partial charge in [0.2, 0.25) is 0 Å². The molecule has 0 atom stereocenters. The number of nitrogens with zero attached hydrogens (tertiary/aromatic N) is 2. The van der Waals surface area contributed by atoms with Crippen LogP contribution in [0.25, 0.3) is 33.3 Å². The third-order valence-electron chi connectivity index (χ3n) is 3.06.